The molecule has 1 aliphatic carbocycles. The highest BCUT2D eigenvalue weighted by atomic mass is 35.5. The van der Waals surface area contributed by atoms with Crippen LogP contribution in [0.3, 0.4) is 0 Å². The third kappa shape index (κ3) is 6.27. The number of aliphatic imine (C=N–C) groups is 1. The number of nitrogens with zero attached hydrogens (tertiary/aromatic N) is 4. The summed E-state index contributed by atoms with van der Waals surface area (Å²) in [6, 6.07) is 7.34. The molecule has 1 aromatic carbocycles. The van der Waals surface area contributed by atoms with E-state index in [1.165, 1.54) is 41.9 Å². The number of carbonyl (C=O) groups is 1. The van der Waals surface area contributed by atoms with Crippen LogP contribution in [0.15, 0.2) is 58.1 Å². The van der Waals surface area contributed by atoms with Gasteiger partial charge in [0.25, 0.3) is 17.9 Å². The highest BCUT2D eigenvalue weighted by Gasteiger charge is 2.44. The average Bonchev–Trinajstić information content (AvgIpc) is 3.72. The maximum Gasteiger partial charge on any atom is 0.280 e. The fourth-order valence-electron chi connectivity index (χ4n) is 4.85. The minimum absolute atomic E-state index is 0.0250. The van der Waals surface area contributed by atoms with Crippen molar-refractivity contribution >= 4 is 23.2 Å². The predicted octanol–water partition coefficient (Wildman–Crippen LogP) is 6.81. The van der Waals surface area contributed by atoms with Gasteiger partial charge in [-0.25, -0.2) is 17.6 Å². The number of hydrogen-bond donors (Lipinski definition) is 0. The molecule has 11 heteroatoms. The van der Waals surface area contributed by atoms with Gasteiger partial charge in [0, 0.05) is 43.8 Å². The summed E-state index contributed by atoms with van der Waals surface area (Å²) < 4.78 is 57.2. The van der Waals surface area contributed by atoms with Gasteiger partial charge in [-0.15, -0.1) is 0 Å². The Balaban J connectivity index is 1.56. The Labute approximate surface area is 240 Å². The number of hydrogen-bond acceptors (Lipinski definition) is 4. The largest absolute Gasteiger partial charge is 0.345 e. The zero-order valence-corrected chi connectivity index (χ0v) is 23.9. The molecule has 216 valence electrons. The molecular formula is C30H29ClF4N4O2. The van der Waals surface area contributed by atoms with Crippen molar-refractivity contribution in [3.8, 4) is 0 Å². The van der Waals surface area contributed by atoms with E-state index in [0.29, 0.717) is 29.0 Å². The van der Waals surface area contributed by atoms with E-state index < -0.39 is 41.1 Å². The molecule has 1 saturated carbocycles. The molecule has 0 radical (unpaired) electrons. The fourth-order valence-corrected chi connectivity index (χ4v) is 5.14. The van der Waals surface area contributed by atoms with Crippen molar-refractivity contribution < 1.29 is 22.4 Å². The number of halogens is 5. The summed E-state index contributed by atoms with van der Waals surface area (Å²) in [6.07, 6.45) is -0.123. The van der Waals surface area contributed by atoms with Crippen LogP contribution in [0.2, 0.25) is 5.02 Å². The number of benzene rings is 1. The lowest BCUT2D eigenvalue weighted by molar-refractivity contribution is 0.0823. The maximum absolute atomic E-state index is 15.0. The summed E-state index contributed by atoms with van der Waals surface area (Å²) in [6.45, 7) is 5.26. The third-order valence-electron chi connectivity index (χ3n) is 7.10. The summed E-state index contributed by atoms with van der Waals surface area (Å²) >= 11 is 6.47. The van der Waals surface area contributed by atoms with Gasteiger partial charge in [-0.2, -0.15) is 0 Å². The molecule has 0 bridgehead atoms. The minimum Gasteiger partial charge on any atom is -0.345 e. The summed E-state index contributed by atoms with van der Waals surface area (Å²) in [5, 5.41) is -0.0250. The molecule has 0 aliphatic heterocycles. The predicted molar refractivity (Wildman–Crippen MR) is 150 cm³/mol. The molecule has 1 amide bonds. The first-order valence-electron chi connectivity index (χ1n) is 12.9. The monoisotopic (exact) mass is 588 g/mol. The molecule has 1 aliphatic rings. The van der Waals surface area contributed by atoms with Crippen molar-refractivity contribution in [2.75, 3.05) is 14.1 Å². The van der Waals surface area contributed by atoms with Gasteiger partial charge >= 0.3 is 0 Å². The van der Waals surface area contributed by atoms with Gasteiger partial charge < -0.3 is 9.47 Å². The first kappa shape index (κ1) is 30.2. The molecule has 6 nitrogen and oxygen atoms in total. The van der Waals surface area contributed by atoms with E-state index in [1.54, 1.807) is 32.9 Å². The van der Waals surface area contributed by atoms with Gasteiger partial charge in [0.1, 0.15) is 22.4 Å². The highest BCUT2D eigenvalue weighted by Crippen LogP contribution is 2.57. The summed E-state index contributed by atoms with van der Waals surface area (Å²) in [7, 11) is 3.08. The van der Waals surface area contributed by atoms with Crippen molar-refractivity contribution in [2.24, 2.45) is 4.99 Å². The quantitative estimate of drug-likeness (QED) is 0.215. The summed E-state index contributed by atoms with van der Waals surface area (Å²) in [5.41, 5.74) is 1.49. The Kier molecular flexibility index (Phi) is 8.82. The van der Waals surface area contributed by atoms with Crippen LogP contribution in [-0.2, 0) is 6.54 Å². The molecule has 3 aromatic rings. The second-order valence-electron chi connectivity index (χ2n) is 10.4. The smallest absolute Gasteiger partial charge is 0.280 e. The van der Waals surface area contributed by atoms with Crippen LogP contribution in [0.1, 0.15) is 77.0 Å². The van der Waals surface area contributed by atoms with Crippen LogP contribution in [0.4, 0.5) is 17.6 Å². The van der Waals surface area contributed by atoms with E-state index in [2.05, 4.69) is 9.98 Å². The van der Waals surface area contributed by atoms with E-state index in [-0.39, 0.29) is 34.2 Å². The van der Waals surface area contributed by atoms with Gasteiger partial charge in [-0.1, -0.05) is 23.7 Å². The Hall–Kier alpha value is -3.79. The van der Waals surface area contributed by atoms with Crippen LogP contribution < -0.4 is 5.56 Å². The normalized spacial score (nSPS) is 17.2. The molecule has 1 fully saturated rings. The molecule has 0 N–H and O–H groups in total. The van der Waals surface area contributed by atoms with Crippen molar-refractivity contribution in [1.82, 2.24) is 14.5 Å². The number of amides is 1. The van der Waals surface area contributed by atoms with Gasteiger partial charge in [0.15, 0.2) is 0 Å². The van der Waals surface area contributed by atoms with Crippen LogP contribution in [-0.4, -0.2) is 40.2 Å². The Morgan fingerprint density at radius 3 is 2.49 bits per heavy atom. The molecule has 2 aromatic heterocycles. The standard InChI is InChI=1S/C30H29ClF4N4O2/c1-15(12-36-17(3)19-7-6-8-20(26(19)33)29(40)38(4)5)14-39-16(2)9-23(25(31)30(39)41)21-11-22(21)24-10-18(32)13-37-27(24)28(34)35/h6-10,12-13,21-22,28H,11,14H2,1-5H3/b15-12-,36-17?/t21-,22?/m1/s1. The van der Waals surface area contributed by atoms with E-state index in [9.17, 15) is 22.8 Å². The van der Waals surface area contributed by atoms with Gasteiger partial charge in [0.2, 0.25) is 0 Å². The lowest BCUT2D eigenvalue weighted by atomic mass is 10.0. The zero-order valence-electron chi connectivity index (χ0n) is 23.2. The molecule has 0 spiro atoms. The van der Waals surface area contributed by atoms with Crippen LogP contribution >= 0.6 is 11.6 Å². The van der Waals surface area contributed by atoms with Crippen molar-refractivity contribution in [1.29, 1.82) is 0 Å². The van der Waals surface area contributed by atoms with Crippen molar-refractivity contribution in [2.45, 2.75) is 52.0 Å². The molecule has 2 atom stereocenters. The number of rotatable bonds is 8. The van der Waals surface area contributed by atoms with E-state index in [4.69, 9.17) is 11.6 Å². The molecule has 1 unspecified atom stereocenters. The second kappa shape index (κ2) is 12.0. The lowest BCUT2D eigenvalue weighted by Crippen LogP contribution is -2.24. The number of aromatic nitrogens is 2. The Bertz CT molecular complexity index is 1630. The number of aryl methyl sites for hydroxylation is 1. The topological polar surface area (TPSA) is 67.6 Å². The molecular weight excluding hydrogens is 560 g/mol. The third-order valence-corrected chi connectivity index (χ3v) is 7.48. The SMILES string of the molecule is CC(=N/C=C(/C)Cn1c(C)cc([C@@H]2CC2c2cc(F)cnc2C(F)F)c(Cl)c1=O)c1cccc(C(=O)N(C)C)c1F. The number of pyridine rings is 2. The number of allylic oxidation sites excluding steroid dienone is 1. The first-order valence-corrected chi connectivity index (χ1v) is 13.2. The zero-order chi connectivity index (χ0) is 30.2. The van der Waals surface area contributed by atoms with Crippen molar-refractivity contribution in [3.05, 3.63) is 109 Å². The van der Waals surface area contributed by atoms with Crippen LogP contribution in [0.5, 0.6) is 0 Å². The molecule has 2 heterocycles. The lowest BCUT2D eigenvalue weighted by Gasteiger charge is -2.14. The van der Waals surface area contributed by atoms with Crippen LogP contribution in [0, 0.1) is 18.6 Å². The van der Waals surface area contributed by atoms with Crippen molar-refractivity contribution in [3.63, 3.8) is 0 Å². The van der Waals surface area contributed by atoms with Gasteiger partial charge in [0.05, 0.1) is 11.8 Å². The molecule has 0 saturated heterocycles. The molecule has 4 rings (SSSR count). The van der Waals surface area contributed by atoms with Gasteiger partial charge in [-0.3, -0.25) is 19.6 Å². The van der Waals surface area contributed by atoms with Crippen LogP contribution in [0.25, 0.3) is 0 Å². The van der Waals surface area contributed by atoms with E-state index >= 15 is 4.39 Å². The molecule has 41 heavy (non-hydrogen) atoms. The Morgan fingerprint density at radius 2 is 1.83 bits per heavy atom. The summed E-state index contributed by atoms with van der Waals surface area (Å²) in [4.78, 5) is 34.7. The van der Waals surface area contributed by atoms with E-state index in [0.717, 1.165) is 12.3 Å². The fraction of sp³-hybridized carbons (Fsp3) is 0.333. The first-order chi connectivity index (χ1) is 19.3. The Morgan fingerprint density at radius 1 is 1.17 bits per heavy atom. The van der Waals surface area contributed by atoms with Gasteiger partial charge in [-0.05, 0) is 73.9 Å². The maximum atomic E-state index is 15.0. The average molecular weight is 589 g/mol. The number of carbonyl (C=O) groups excluding carboxylic acids is 1. The summed E-state index contributed by atoms with van der Waals surface area (Å²) in [5.74, 6) is -2.55. The number of alkyl halides is 2. The minimum atomic E-state index is -2.85. The van der Waals surface area contributed by atoms with E-state index in [1.807, 2.05) is 0 Å². The highest BCUT2D eigenvalue weighted by molar-refractivity contribution is 6.31. The second-order valence-corrected chi connectivity index (χ2v) is 10.8.